The Bertz CT molecular complexity index is 926. The van der Waals surface area contributed by atoms with Gasteiger partial charge in [-0.2, -0.15) is 0 Å². The third-order valence-corrected chi connectivity index (χ3v) is 5.25. The van der Waals surface area contributed by atoms with Gasteiger partial charge >= 0.3 is 0 Å². The van der Waals surface area contributed by atoms with Crippen molar-refractivity contribution in [3.8, 4) is 0 Å². The van der Waals surface area contributed by atoms with Gasteiger partial charge in [-0.1, -0.05) is 18.2 Å². The SMILES string of the molecule is CC(=O)c1cn([C@@H](C)C(=O)NCCc2nc(C)cs2)c2ccccc12. The minimum atomic E-state index is -0.393. The summed E-state index contributed by atoms with van der Waals surface area (Å²) in [5, 5.41) is 6.88. The molecular formula is C19H21N3O2S. The van der Waals surface area contributed by atoms with E-state index in [9.17, 15) is 9.59 Å². The fourth-order valence-corrected chi connectivity index (χ4v) is 3.67. The molecule has 6 heteroatoms. The van der Waals surface area contributed by atoms with E-state index in [1.165, 1.54) is 0 Å². The highest BCUT2D eigenvalue weighted by atomic mass is 32.1. The summed E-state index contributed by atoms with van der Waals surface area (Å²) in [6.07, 6.45) is 2.50. The first kappa shape index (κ1) is 17.4. The van der Waals surface area contributed by atoms with Gasteiger partial charge in [-0.25, -0.2) is 4.98 Å². The highest BCUT2D eigenvalue weighted by Gasteiger charge is 2.19. The number of para-hydroxylation sites is 1. The average molecular weight is 355 g/mol. The predicted molar refractivity (Wildman–Crippen MR) is 100 cm³/mol. The number of carbonyl (C=O) groups excluding carboxylic acids is 2. The van der Waals surface area contributed by atoms with Crippen LogP contribution < -0.4 is 5.32 Å². The Morgan fingerprint density at radius 1 is 1.32 bits per heavy atom. The number of benzene rings is 1. The summed E-state index contributed by atoms with van der Waals surface area (Å²) in [5.41, 5.74) is 2.55. The normalized spacial score (nSPS) is 12.3. The van der Waals surface area contributed by atoms with Crippen molar-refractivity contribution >= 4 is 33.9 Å². The van der Waals surface area contributed by atoms with Gasteiger partial charge < -0.3 is 9.88 Å². The lowest BCUT2D eigenvalue weighted by atomic mass is 10.1. The average Bonchev–Trinajstić information content (AvgIpc) is 3.18. The molecule has 0 fully saturated rings. The second-order valence-corrected chi connectivity index (χ2v) is 7.07. The number of nitrogens with zero attached hydrogens (tertiary/aromatic N) is 2. The molecule has 0 saturated heterocycles. The van der Waals surface area contributed by atoms with E-state index in [2.05, 4.69) is 10.3 Å². The lowest BCUT2D eigenvalue weighted by molar-refractivity contribution is -0.123. The molecule has 0 aliphatic heterocycles. The Labute approximate surface area is 150 Å². The minimum Gasteiger partial charge on any atom is -0.354 e. The summed E-state index contributed by atoms with van der Waals surface area (Å²) in [4.78, 5) is 28.8. The number of rotatable bonds is 6. The number of nitrogens with one attached hydrogen (secondary N) is 1. The van der Waals surface area contributed by atoms with Gasteiger partial charge in [0.2, 0.25) is 5.91 Å². The third-order valence-electron chi connectivity index (χ3n) is 4.22. The van der Waals surface area contributed by atoms with Crippen molar-refractivity contribution < 1.29 is 9.59 Å². The van der Waals surface area contributed by atoms with E-state index < -0.39 is 6.04 Å². The van der Waals surface area contributed by atoms with Gasteiger partial charge in [0.25, 0.3) is 0 Å². The van der Waals surface area contributed by atoms with Crippen LogP contribution in [0, 0.1) is 6.92 Å². The zero-order valence-corrected chi connectivity index (χ0v) is 15.4. The summed E-state index contributed by atoms with van der Waals surface area (Å²) in [7, 11) is 0. The lowest BCUT2D eigenvalue weighted by Gasteiger charge is -2.15. The lowest BCUT2D eigenvalue weighted by Crippen LogP contribution is -2.32. The number of carbonyl (C=O) groups is 2. The first-order valence-electron chi connectivity index (χ1n) is 8.26. The number of aromatic nitrogens is 2. The molecule has 3 aromatic rings. The molecule has 0 aliphatic carbocycles. The zero-order chi connectivity index (χ0) is 18.0. The second-order valence-electron chi connectivity index (χ2n) is 6.12. The van der Waals surface area contributed by atoms with E-state index in [1.807, 2.05) is 48.1 Å². The standard InChI is InChI=1S/C19H21N3O2S/c1-12-11-25-18(21-12)8-9-20-19(24)13(2)22-10-16(14(3)23)15-6-4-5-7-17(15)22/h4-7,10-11,13H,8-9H2,1-3H3,(H,20,24)/t13-/m0/s1. The molecule has 130 valence electrons. The minimum absolute atomic E-state index is 0.00157. The maximum Gasteiger partial charge on any atom is 0.242 e. The van der Waals surface area contributed by atoms with Crippen molar-refractivity contribution in [2.45, 2.75) is 33.2 Å². The predicted octanol–water partition coefficient (Wildman–Crippen LogP) is 3.53. The van der Waals surface area contributed by atoms with Crippen LogP contribution in [-0.4, -0.2) is 27.8 Å². The van der Waals surface area contributed by atoms with Gasteiger partial charge in [-0.05, 0) is 26.8 Å². The summed E-state index contributed by atoms with van der Waals surface area (Å²) < 4.78 is 1.87. The number of fused-ring (bicyclic) bond motifs is 1. The molecule has 25 heavy (non-hydrogen) atoms. The Kier molecular flexibility index (Phi) is 4.99. The van der Waals surface area contributed by atoms with Crippen LogP contribution >= 0.6 is 11.3 Å². The summed E-state index contributed by atoms with van der Waals surface area (Å²) >= 11 is 1.61. The Balaban J connectivity index is 1.73. The molecule has 5 nitrogen and oxygen atoms in total. The number of hydrogen-bond acceptors (Lipinski definition) is 4. The molecule has 0 saturated carbocycles. The molecule has 0 aliphatic rings. The molecule has 0 bridgehead atoms. The summed E-state index contributed by atoms with van der Waals surface area (Å²) in [6.45, 7) is 5.91. The quantitative estimate of drug-likeness (QED) is 0.688. The van der Waals surface area contributed by atoms with Crippen LogP contribution in [0.15, 0.2) is 35.8 Å². The van der Waals surface area contributed by atoms with Crippen LogP contribution in [0.1, 0.15) is 40.9 Å². The number of thiazole rings is 1. The van der Waals surface area contributed by atoms with Crippen LogP contribution in [0.3, 0.4) is 0 Å². The molecule has 3 rings (SSSR count). The molecule has 1 amide bonds. The molecular weight excluding hydrogens is 334 g/mol. The molecule has 0 spiro atoms. The van der Waals surface area contributed by atoms with Crippen LogP contribution in [-0.2, 0) is 11.2 Å². The van der Waals surface area contributed by atoms with Gasteiger partial charge in [-0.15, -0.1) is 11.3 Å². The van der Waals surface area contributed by atoms with Gasteiger partial charge in [0.1, 0.15) is 6.04 Å². The van der Waals surface area contributed by atoms with Crippen LogP contribution in [0.5, 0.6) is 0 Å². The Hall–Kier alpha value is -2.47. The van der Waals surface area contributed by atoms with Crippen LogP contribution in [0.4, 0.5) is 0 Å². The highest BCUT2D eigenvalue weighted by Crippen LogP contribution is 2.25. The van der Waals surface area contributed by atoms with Crippen LogP contribution in [0.2, 0.25) is 0 Å². The molecule has 0 unspecified atom stereocenters. The molecule has 1 N–H and O–H groups in total. The zero-order valence-electron chi connectivity index (χ0n) is 14.6. The molecule has 2 aromatic heterocycles. The van der Waals surface area contributed by atoms with E-state index >= 15 is 0 Å². The number of Topliss-reactive ketones (excluding diaryl/α,β-unsaturated/α-hetero) is 1. The van der Waals surface area contributed by atoms with Gasteiger partial charge in [0.05, 0.1) is 5.01 Å². The van der Waals surface area contributed by atoms with Crippen molar-refractivity contribution in [2.75, 3.05) is 6.54 Å². The first-order chi connectivity index (χ1) is 12.0. The molecule has 0 radical (unpaired) electrons. The van der Waals surface area contributed by atoms with E-state index in [0.717, 1.165) is 28.0 Å². The molecule has 2 heterocycles. The van der Waals surface area contributed by atoms with Gasteiger partial charge in [0.15, 0.2) is 5.78 Å². The fourth-order valence-electron chi connectivity index (χ4n) is 2.89. The number of hydrogen-bond donors (Lipinski definition) is 1. The van der Waals surface area contributed by atoms with Crippen molar-refractivity contribution in [1.29, 1.82) is 0 Å². The van der Waals surface area contributed by atoms with E-state index in [1.54, 1.807) is 24.5 Å². The summed E-state index contributed by atoms with van der Waals surface area (Å²) in [5.74, 6) is -0.0640. The molecule has 1 aromatic carbocycles. The summed E-state index contributed by atoms with van der Waals surface area (Å²) in [6, 6.07) is 7.27. The van der Waals surface area contributed by atoms with E-state index in [-0.39, 0.29) is 11.7 Å². The van der Waals surface area contributed by atoms with Gasteiger partial charge in [-0.3, -0.25) is 9.59 Å². The van der Waals surface area contributed by atoms with Gasteiger partial charge in [0, 0.05) is 46.7 Å². The maximum atomic E-state index is 12.5. The monoisotopic (exact) mass is 355 g/mol. The van der Waals surface area contributed by atoms with Crippen molar-refractivity contribution in [2.24, 2.45) is 0 Å². The van der Waals surface area contributed by atoms with Crippen molar-refractivity contribution in [3.05, 3.63) is 52.1 Å². The second kappa shape index (κ2) is 7.19. The number of aryl methyl sites for hydroxylation is 1. The van der Waals surface area contributed by atoms with Crippen molar-refractivity contribution in [1.82, 2.24) is 14.9 Å². The third kappa shape index (κ3) is 3.64. The number of amides is 1. The highest BCUT2D eigenvalue weighted by molar-refractivity contribution is 7.09. The Morgan fingerprint density at radius 2 is 2.08 bits per heavy atom. The van der Waals surface area contributed by atoms with Crippen LogP contribution in [0.25, 0.3) is 10.9 Å². The smallest absolute Gasteiger partial charge is 0.242 e. The fraction of sp³-hybridized carbons (Fsp3) is 0.316. The number of ketones is 1. The molecule has 1 atom stereocenters. The maximum absolute atomic E-state index is 12.5. The Morgan fingerprint density at radius 3 is 2.76 bits per heavy atom. The topological polar surface area (TPSA) is 64.0 Å². The first-order valence-corrected chi connectivity index (χ1v) is 9.14. The van der Waals surface area contributed by atoms with Crippen molar-refractivity contribution in [3.63, 3.8) is 0 Å². The van der Waals surface area contributed by atoms with E-state index in [4.69, 9.17) is 0 Å². The van der Waals surface area contributed by atoms with E-state index in [0.29, 0.717) is 12.1 Å². The largest absolute Gasteiger partial charge is 0.354 e.